The molecule has 1 heterocycles. The molecule has 1 aliphatic carbocycles. The fraction of sp³-hybridized carbons (Fsp3) is 0.571. The summed E-state index contributed by atoms with van der Waals surface area (Å²) in [5.41, 5.74) is 1.17. The third kappa shape index (κ3) is 3.68. The molecule has 2 rings (SSSR count). The predicted molar refractivity (Wildman–Crippen MR) is 75.0 cm³/mol. The predicted octanol–water partition coefficient (Wildman–Crippen LogP) is 0.0134. The maximum atomic E-state index is 11.9. The van der Waals surface area contributed by atoms with Crippen LogP contribution in [0.1, 0.15) is 29.8 Å². The number of aryl methyl sites for hydroxylation is 1. The summed E-state index contributed by atoms with van der Waals surface area (Å²) < 4.78 is 1.42. The highest BCUT2D eigenvalue weighted by molar-refractivity contribution is 5.80. The lowest BCUT2D eigenvalue weighted by molar-refractivity contribution is -0.136. The fourth-order valence-electron chi connectivity index (χ4n) is 2.29. The van der Waals surface area contributed by atoms with Gasteiger partial charge in [-0.25, -0.2) is 4.79 Å². The van der Waals surface area contributed by atoms with Gasteiger partial charge in [0.25, 0.3) is 0 Å². The fourth-order valence-corrected chi connectivity index (χ4v) is 2.29. The van der Waals surface area contributed by atoms with Crippen LogP contribution in [0, 0.1) is 19.8 Å². The molecule has 114 valence electrons. The Balaban J connectivity index is 2.12. The Morgan fingerprint density at radius 3 is 2.62 bits per heavy atom. The number of nitrogens with zero attached hydrogens (tertiary/aromatic N) is 2. The number of hydrogen-bond acceptors (Lipinski definition) is 4. The van der Waals surface area contributed by atoms with E-state index in [0.29, 0.717) is 30.0 Å². The summed E-state index contributed by atoms with van der Waals surface area (Å²) in [6, 6.07) is 0. The molecule has 0 unspecified atom stereocenters. The molecular formula is C14H19N3O4. The number of carbonyl (C=O) groups excluding carboxylic acids is 1. The van der Waals surface area contributed by atoms with E-state index in [0.717, 1.165) is 12.8 Å². The standard InChI is InChI=1S/C14H19N3O4/c1-8-11(7-12(18)19)9(2)17(14(21)16-8)6-5-15-13(20)10-3-4-10/h10H,3-7H2,1-2H3,(H,15,20)(H,18,19). The minimum Gasteiger partial charge on any atom is -0.481 e. The minimum atomic E-state index is -0.963. The molecule has 0 atom stereocenters. The molecule has 0 saturated heterocycles. The highest BCUT2D eigenvalue weighted by Gasteiger charge is 2.29. The molecule has 1 saturated carbocycles. The van der Waals surface area contributed by atoms with Gasteiger partial charge < -0.3 is 10.4 Å². The van der Waals surface area contributed by atoms with Crippen LogP contribution >= 0.6 is 0 Å². The number of hydrogen-bond donors (Lipinski definition) is 2. The number of nitrogens with one attached hydrogen (secondary N) is 1. The topological polar surface area (TPSA) is 101 Å². The molecule has 1 fully saturated rings. The first-order valence-corrected chi connectivity index (χ1v) is 6.96. The average Bonchev–Trinajstić information content (AvgIpc) is 3.22. The number of amides is 1. The molecule has 7 nitrogen and oxygen atoms in total. The van der Waals surface area contributed by atoms with E-state index in [4.69, 9.17) is 5.11 Å². The molecule has 0 spiro atoms. The number of aromatic nitrogens is 2. The summed E-state index contributed by atoms with van der Waals surface area (Å²) in [7, 11) is 0. The molecule has 1 aliphatic rings. The van der Waals surface area contributed by atoms with E-state index >= 15 is 0 Å². The first kappa shape index (κ1) is 15.2. The maximum Gasteiger partial charge on any atom is 0.348 e. The Labute approximate surface area is 122 Å². The molecular weight excluding hydrogens is 274 g/mol. The lowest BCUT2D eigenvalue weighted by Crippen LogP contribution is -2.34. The number of aliphatic carboxylic acids is 1. The lowest BCUT2D eigenvalue weighted by atomic mass is 10.1. The SMILES string of the molecule is Cc1nc(=O)n(CCNC(=O)C2CC2)c(C)c1CC(=O)O. The van der Waals surface area contributed by atoms with Gasteiger partial charge in [0.05, 0.1) is 6.42 Å². The Kier molecular flexibility index (Phi) is 4.40. The monoisotopic (exact) mass is 293 g/mol. The van der Waals surface area contributed by atoms with Crippen LogP contribution in [0.25, 0.3) is 0 Å². The van der Waals surface area contributed by atoms with Gasteiger partial charge in [0.15, 0.2) is 0 Å². The van der Waals surface area contributed by atoms with Crippen molar-refractivity contribution in [3.8, 4) is 0 Å². The maximum absolute atomic E-state index is 11.9. The summed E-state index contributed by atoms with van der Waals surface area (Å²) in [5, 5.41) is 11.7. The van der Waals surface area contributed by atoms with E-state index in [2.05, 4.69) is 10.3 Å². The molecule has 0 bridgehead atoms. The van der Waals surface area contributed by atoms with Gasteiger partial charge in [0, 0.05) is 36.0 Å². The van der Waals surface area contributed by atoms with Crippen molar-refractivity contribution in [3.05, 3.63) is 27.4 Å². The van der Waals surface area contributed by atoms with Gasteiger partial charge in [-0.05, 0) is 26.7 Å². The van der Waals surface area contributed by atoms with Crippen LogP contribution < -0.4 is 11.0 Å². The highest BCUT2D eigenvalue weighted by Crippen LogP contribution is 2.28. The molecule has 1 amide bonds. The Hall–Kier alpha value is -2.18. The first-order chi connectivity index (χ1) is 9.90. The third-order valence-corrected chi connectivity index (χ3v) is 3.68. The summed E-state index contributed by atoms with van der Waals surface area (Å²) >= 11 is 0. The summed E-state index contributed by atoms with van der Waals surface area (Å²) in [5.74, 6) is -0.816. The van der Waals surface area contributed by atoms with Crippen molar-refractivity contribution < 1.29 is 14.7 Å². The van der Waals surface area contributed by atoms with Crippen LogP contribution in [0.2, 0.25) is 0 Å². The summed E-state index contributed by atoms with van der Waals surface area (Å²) in [6.45, 7) is 3.97. The van der Waals surface area contributed by atoms with Crippen molar-refractivity contribution in [1.29, 1.82) is 0 Å². The number of carboxylic acids is 1. The zero-order valence-electron chi connectivity index (χ0n) is 12.2. The van der Waals surface area contributed by atoms with Gasteiger partial charge in [0.1, 0.15) is 0 Å². The third-order valence-electron chi connectivity index (χ3n) is 3.68. The molecule has 1 aromatic rings. The van der Waals surface area contributed by atoms with Gasteiger partial charge in [-0.3, -0.25) is 14.2 Å². The van der Waals surface area contributed by atoms with Gasteiger partial charge in [-0.1, -0.05) is 0 Å². The smallest absolute Gasteiger partial charge is 0.348 e. The zero-order chi connectivity index (χ0) is 15.6. The Morgan fingerprint density at radius 2 is 2.05 bits per heavy atom. The van der Waals surface area contributed by atoms with Crippen molar-refractivity contribution in [2.75, 3.05) is 6.54 Å². The second-order valence-corrected chi connectivity index (χ2v) is 5.33. The average molecular weight is 293 g/mol. The van der Waals surface area contributed by atoms with E-state index in [1.54, 1.807) is 13.8 Å². The van der Waals surface area contributed by atoms with Crippen LogP contribution in [0.5, 0.6) is 0 Å². The molecule has 0 aromatic carbocycles. The minimum absolute atomic E-state index is 0.0199. The van der Waals surface area contributed by atoms with E-state index < -0.39 is 11.7 Å². The summed E-state index contributed by atoms with van der Waals surface area (Å²) in [6.07, 6.45) is 1.69. The number of carbonyl (C=O) groups is 2. The quantitative estimate of drug-likeness (QED) is 0.769. The Morgan fingerprint density at radius 1 is 1.38 bits per heavy atom. The Bertz CT molecular complexity index is 632. The van der Waals surface area contributed by atoms with Gasteiger partial charge in [-0.15, -0.1) is 0 Å². The molecule has 7 heteroatoms. The lowest BCUT2D eigenvalue weighted by Gasteiger charge is -2.14. The molecule has 1 aromatic heterocycles. The van der Waals surface area contributed by atoms with Crippen molar-refractivity contribution in [2.45, 2.75) is 39.7 Å². The van der Waals surface area contributed by atoms with Gasteiger partial charge in [0.2, 0.25) is 5.91 Å². The van der Waals surface area contributed by atoms with Crippen LogP contribution in [0.15, 0.2) is 4.79 Å². The molecule has 0 aliphatic heterocycles. The van der Waals surface area contributed by atoms with E-state index in [1.165, 1.54) is 4.57 Å². The second-order valence-electron chi connectivity index (χ2n) is 5.33. The van der Waals surface area contributed by atoms with Gasteiger partial charge >= 0.3 is 11.7 Å². The second kappa shape index (κ2) is 6.07. The summed E-state index contributed by atoms with van der Waals surface area (Å²) in [4.78, 5) is 38.2. The van der Waals surface area contributed by atoms with Crippen molar-refractivity contribution in [1.82, 2.24) is 14.9 Å². The largest absolute Gasteiger partial charge is 0.481 e. The molecule has 21 heavy (non-hydrogen) atoms. The van der Waals surface area contributed by atoms with Crippen molar-refractivity contribution >= 4 is 11.9 Å². The first-order valence-electron chi connectivity index (χ1n) is 6.96. The van der Waals surface area contributed by atoms with E-state index in [9.17, 15) is 14.4 Å². The van der Waals surface area contributed by atoms with E-state index in [1.807, 2.05) is 0 Å². The van der Waals surface area contributed by atoms with Crippen LogP contribution in [-0.4, -0.2) is 33.1 Å². The normalized spacial score (nSPS) is 14.0. The van der Waals surface area contributed by atoms with Crippen LogP contribution in [-0.2, 0) is 22.6 Å². The highest BCUT2D eigenvalue weighted by atomic mass is 16.4. The van der Waals surface area contributed by atoms with Crippen LogP contribution in [0.4, 0.5) is 0 Å². The van der Waals surface area contributed by atoms with Gasteiger partial charge in [-0.2, -0.15) is 4.98 Å². The zero-order valence-corrected chi connectivity index (χ0v) is 12.2. The molecule has 2 N–H and O–H groups in total. The van der Waals surface area contributed by atoms with Crippen molar-refractivity contribution in [3.63, 3.8) is 0 Å². The number of rotatable bonds is 6. The van der Waals surface area contributed by atoms with Crippen molar-refractivity contribution in [2.24, 2.45) is 5.92 Å². The van der Waals surface area contributed by atoms with E-state index in [-0.39, 0.29) is 18.2 Å². The van der Waals surface area contributed by atoms with Crippen LogP contribution in [0.3, 0.4) is 0 Å². The number of carboxylic acid groups (broad SMARTS) is 1. The molecule has 0 radical (unpaired) electrons.